The van der Waals surface area contributed by atoms with E-state index in [9.17, 15) is 0 Å². The minimum Gasteiger partial charge on any atom is -0.232 e. The van der Waals surface area contributed by atoms with Crippen LogP contribution in [0, 0.1) is 0 Å². The van der Waals surface area contributed by atoms with Gasteiger partial charge in [0.1, 0.15) is 0 Å². The van der Waals surface area contributed by atoms with E-state index in [2.05, 4.69) is 83.5 Å². The summed E-state index contributed by atoms with van der Waals surface area (Å²) in [5, 5.41) is 0. The molecule has 138 valence electrons. The zero-order valence-electron chi connectivity index (χ0n) is 15.8. The Morgan fingerprint density at radius 2 is 1.32 bits per heavy atom. The fraction of sp³-hybridized carbons (Fsp3) is 0.120. The third-order valence-electron chi connectivity index (χ3n) is 4.84. The lowest BCUT2D eigenvalue weighted by molar-refractivity contribution is 1.00. The predicted octanol–water partition coefficient (Wildman–Crippen LogP) is 6.91. The molecule has 0 radical (unpaired) electrons. The summed E-state index contributed by atoms with van der Waals surface area (Å²) >= 11 is 3.58. The van der Waals surface area contributed by atoms with Gasteiger partial charge in [0.25, 0.3) is 0 Å². The Morgan fingerprint density at radius 3 is 2.00 bits per heavy atom. The van der Waals surface area contributed by atoms with E-state index < -0.39 is 0 Å². The molecule has 28 heavy (non-hydrogen) atoms. The molecule has 0 bridgehead atoms. The number of hydrogen-bond donors (Lipinski definition) is 0. The molecule has 0 unspecified atom stereocenters. The summed E-state index contributed by atoms with van der Waals surface area (Å²) in [6, 6.07) is 29.0. The highest BCUT2D eigenvalue weighted by atomic mass is 79.9. The summed E-state index contributed by atoms with van der Waals surface area (Å²) in [4.78, 5) is 10.1. The normalized spacial score (nSPS) is 21.1. The van der Waals surface area contributed by atoms with Crippen molar-refractivity contribution in [1.29, 1.82) is 0 Å². The maximum absolute atomic E-state index is 5.06. The van der Waals surface area contributed by atoms with Gasteiger partial charge in [-0.2, -0.15) is 0 Å². The van der Waals surface area contributed by atoms with Crippen LogP contribution < -0.4 is 0 Å². The molecular formula is C25H21BrN2. The van der Waals surface area contributed by atoms with Crippen LogP contribution >= 0.6 is 15.9 Å². The number of amidine groups is 1. The predicted molar refractivity (Wildman–Crippen MR) is 122 cm³/mol. The summed E-state index contributed by atoms with van der Waals surface area (Å²) in [5.41, 5.74) is 6.66. The van der Waals surface area contributed by atoms with Crippen LogP contribution in [0.2, 0.25) is 0 Å². The van der Waals surface area contributed by atoms with Gasteiger partial charge in [-0.05, 0) is 43.0 Å². The van der Waals surface area contributed by atoms with Gasteiger partial charge in [0, 0.05) is 15.6 Å². The van der Waals surface area contributed by atoms with E-state index in [0.29, 0.717) is 0 Å². The molecule has 0 aromatic heterocycles. The van der Waals surface area contributed by atoms with Crippen molar-refractivity contribution in [2.45, 2.75) is 19.8 Å². The highest BCUT2D eigenvalue weighted by molar-refractivity contribution is 9.10. The lowest BCUT2D eigenvalue weighted by atomic mass is 9.98. The van der Waals surface area contributed by atoms with E-state index in [-0.39, 0.29) is 0 Å². The summed E-state index contributed by atoms with van der Waals surface area (Å²) in [5.74, 6) is 0.748. The minimum atomic E-state index is 0.748. The molecule has 3 aromatic carbocycles. The van der Waals surface area contributed by atoms with Crippen molar-refractivity contribution in [2.24, 2.45) is 9.98 Å². The molecule has 0 fully saturated rings. The Hall–Kier alpha value is -2.78. The molecule has 4 rings (SSSR count). The zero-order chi connectivity index (χ0) is 19.3. The van der Waals surface area contributed by atoms with Crippen molar-refractivity contribution in [3.8, 4) is 0 Å². The molecular weight excluding hydrogens is 408 g/mol. The molecule has 0 N–H and O–H groups in total. The van der Waals surface area contributed by atoms with Crippen LogP contribution in [0.4, 0.5) is 0 Å². The maximum atomic E-state index is 5.06. The number of hydrogen-bond acceptors (Lipinski definition) is 2. The molecule has 0 aliphatic carbocycles. The smallest absolute Gasteiger partial charge is 0.160 e. The van der Waals surface area contributed by atoms with Crippen LogP contribution in [-0.4, -0.2) is 11.5 Å². The lowest BCUT2D eigenvalue weighted by Gasteiger charge is -2.16. The van der Waals surface area contributed by atoms with Crippen molar-refractivity contribution in [3.63, 3.8) is 0 Å². The van der Waals surface area contributed by atoms with Gasteiger partial charge in [-0.25, -0.2) is 9.98 Å². The second-order valence-corrected chi connectivity index (χ2v) is 7.78. The van der Waals surface area contributed by atoms with Crippen LogP contribution in [0.5, 0.6) is 0 Å². The van der Waals surface area contributed by atoms with Gasteiger partial charge >= 0.3 is 0 Å². The Kier molecular flexibility index (Phi) is 5.63. The largest absolute Gasteiger partial charge is 0.232 e. The molecule has 1 heterocycles. The van der Waals surface area contributed by atoms with Crippen LogP contribution in [0.25, 0.3) is 5.70 Å². The van der Waals surface area contributed by atoms with E-state index >= 15 is 0 Å². The van der Waals surface area contributed by atoms with Crippen LogP contribution in [-0.2, 0) is 0 Å². The quantitative estimate of drug-likeness (QED) is 0.432. The fourth-order valence-electron chi connectivity index (χ4n) is 3.34. The Bertz CT molecular complexity index is 1060. The number of rotatable bonds is 3. The van der Waals surface area contributed by atoms with E-state index in [4.69, 9.17) is 9.98 Å². The van der Waals surface area contributed by atoms with Crippen molar-refractivity contribution in [3.05, 3.63) is 112 Å². The summed E-state index contributed by atoms with van der Waals surface area (Å²) < 4.78 is 1.02. The molecule has 0 spiro atoms. The monoisotopic (exact) mass is 428 g/mol. The standard InChI is InChI=1S/C25H21BrN2/c1-18-15-16-23(19-9-4-2-5-10-19)27-25(21-13-8-14-22(26)17-21)28-24(18)20-11-6-3-7-12-20/h2-14,17H,15-16H2,1H3/b24-18+,27-23+,28-25-. The number of nitrogens with zero attached hydrogens (tertiary/aromatic N) is 2. The van der Waals surface area contributed by atoms with Crippen molar-refractivity contribution in [2.75, 3.05) is 0 Å². The van der Waals surface area contributed by atoms with E-state index in [1.54, 1.807) is 0 Å². The molecule has 1 aliphatic heterocycles. The maximum Gasteiger partial charge on any atom is 0.160 e. The first-order valence-corrected chi connectivity index (χ1v) is 10.2. The van der Waals surface area contributed by atoms with Gasteiger partial charge < -0.3 is 0 Å². The molecule has 3 heteroatoms. The van der Waals surface area contributed by atoms with Crippen molar-refractivity contribution in [1.82, 2.24) is 0 Å². The van der Waals surface area contributed by atoms with E-state index in [1.807, 2.05) is 24.3 Å². The topological polar surface area (TPSA) is 24.7 Å². The molecule has 0 atom stereocenters. The molecule has 1 aliphatic rings. The summed E-state index contributed by atoms with van der Waals surface area (Å²) in [7, 11) is 0. The lowest BCUT2D eigenvalue weighted by Crippen LogP contribution is -2.10. The summed E-state index contributed by atoms with van der Waals surface area (Å²) in [6.07, 6.45) is 1.83. The number of allylic oxidation sites excluding steroid dienone is 1. The first-order chi connectivity index (χ1) is 13.7. The third-order valence-corrected chi connectivity index (χ3v) is 5.33. The minimum absolute atomic E-state index is 0.748. The molecule has 0 saturated carbocycles. The van der Waals surface area contributed by atoms with Gasteiger partial charge in [-0.1, -0.05) is 88.7 Å². The Morgan fingerprint density at radius 1 is 0.679 bits per heavy atom. The zero-order valence-corrected chi connectivity index (χ0v) is 17.4. The third kappa shape index (κ3) is 4.20. The first kappa shape index (κ1) is 18.6. The van der Waals surface area contributed by atoms with Crippen LogP contribution in [0.3, 0.4) is 0 Å². The fourth-order valence-corrected chi connectivity index (χ4v) is 3.74. The number of aliphatic imine (C=N–C) groups is 2. The highest BCUT2D eigenvalue weighted by Gasteiger charge is 2.15. The van der Waals surface area contributed by atoms with E-state index in [1.165, 1.54) is 5.57 Å². The molecule has 0 saturated heterocycles. The SMILES string of the molecule is C\C1=C(c2ccccc2)/N=C(c2cccc(Br)c2)\N=C(\c2ccccc2)CC1. The summed E-state index contributed by atoms with van der Waals surface area (Å²) in [6.45, 7) is 2.18. The van der Waals surface area contributed by atoms with E-state index in [0.717, 1.165) is 51.2 Å². The molecule has 2 nitrogen and oxygen atoms in total. The van der Waals surface area contributed by atoms with Gasteiger partial charge in [0.2, 0.25) is 0 Å². The van der Waals surface area contributed by atoms with Crippen LogP contribution in [0.15, 0.2) is 105 Å². The first-order valence-electron chi connectivity index (χ1n) is 9.43. The number of halogens is 1. The van der Waals surface area contributed by atoms with Gasteiger partial charge in [-0.3, -0.25) is 0 Å². The second kappa shape index (κ2) is 8.49. The average molecular weight is 429 g/mol. The van der Waals surface area contributed by atoms with Gasteiger partial charge in [0.15, 0.2) is 5.84 Å². The Balaban J connectivity index is 1.89. The Labute approximate surface area is 174 Å². The van der Waals surface area contributed by atoms with Gasteiger partial charge in [-0.15, -0.1) is 0 Å². The van der Waals surface area contributed by atoms with Crippen LogP contribution in [0.1, 0.15) is 36.5 Å². The highest BCUT2D eigenvalue weighted by Crippen LogP contribution is 2.27. The van der Waals surface area contributed by atoms with Gasteiger partial charge in [0.05, 0.1) is 11.4 Å². The van der Waals surface area contributed by atoms with Crippen molar-refractivity contribution >= 4 is 33.2 Å². The molecule has 0 amide bonds. The molecule has 3 aromatic rings. The average Bonchev–Trinajstić information content (AvgIpc) is 2.73. The second-order valence-electron chi connectivity index (χ2n) is 6.87. The van der Waals surface area contributed by atoms with Crippen molar-refractivity contribution < 1.29 is 0 Å². The number of benzene rings is 3.